The van der Waals surface area contributed by atoms with Crippen molar-refractivity contribution in [3.63, 3.8) is 0 Å². The van der Waals surface area contributed by atoms with E-state index in [0.29, 0.717) is 12.1 Å². The Hall–Kier alpha value is -1.42. The van der Waals surface area contributed by atoms with Crippen molar-refractivity contribution in [3.8, 4) is 0 Å². The predicted octanol–water partition coefficient (Wildman–Crippen LogP) is 3.97. The molecular weight excluding hydrogens is 260 g/mol. The smallest absolute Gasteiger partial charge is 0.155 e. The fourth-order valence-corrected chi connectivity index (χ4v) is 2.90. The van der Waals surface area contributed by atoms with E-state index in [1.165, 1.54) is 36.9 Å². The summed E-state index contributed by atoms with van der Waals surface area (Å²) in [5.74, 6) is 0. The van der Waals surface area contributed by atoms with E-state index in [1.807, 2.05) is 23.7 Å². The molecule has 0 saturated heterocycles. The van der Waals surface area contributed by atoms with Crippen LogP contribution in [0, 0.1) is 13.8 Å². The summed E-state index contributed by atoms with van der Waals surface area (Å²) < 4.78 is 1.95. The predicted molar refractivity (Wildman–Crippen MR) is 87.6 cm³/mol. The number of hydrogen-bond acceptors (Lipinski definition) is 3. The summed E-state index contributed by atoms with van der Waals surface area (Å²) in [6.07, 6.45) is 7.11. The van der Waals surface area contributed by atoms with E-state index in [0.717, 1.165) is 11.3 Å². The van der Waals surface area contributed by atoms with Crippen LogP contribution in [0.1, 0.15) is 69.4 Å². The van der Waals surface area contributed by atoms with Crippen LogP contribution in [0.3, 0.4) is 0 Å². The SMILES string of the molecule is CCCCCC(C)NC(C)c1cnc2cc(C)nn2c1C. The Kier molecular flexibility index (Phi) is 5.34. The molecule has 0 aliphatic heterocycles. The largest absolute Gasteiger partial charge is 0.308 e. The zero-order chi connectivity index (χ0) is 15.4. The maximum atomic E-state index is 4.53. The molecule has 2 heterocycles. The van der Waals surface area contributed by atoms with E-state index in [4.69, 9.17) is 0 Å². The monoisotopic (exact) mass is 288 g/mol. The minimum atomic E-state index is 0.294. The van der Waals surface area contributed by atoms with Crippen LogP contribution >= 0.6 is 0 Å². The van der Waals surface area contributed by atoms with Gasteiger partial charge in [0, 0.05) is 35.6 Å². The van der Waals surface area contributed by atoms with Crippen molar-refractivity contribution in [2.75, 3.05) is 0 Å². The second-order valence-electron chi connectivity index (χ2n) is 6.14. The van der Waals surface area contributed by atoms with Crippen LogP contribution in [0.5, 0.6) is 0 Å². The van der Waals surface area contributed by atoms with Gasteiger partial charge in [-0.3, -0.25) is 0 Å². The second-order valence-corrected chi connectivity index (χ2v) is 6.14. The van der Waals surface area contributed by atoms with E-state index in [2.05, 4.69) is 43.1 Å². The number of unbranched alkanes of at least 4 members (excludes halogenated alkanes) is 2. The third-order valence-corrected chi connectivity index (χ3v) is 4.13. The second kappa shape index (κ2) is 7.03. The molecular formula is C17H28N4. The number of aromatic nitrogens is 3. The lowest BCUT2D eigenvalue weighted by molar-refractivity contribution is 0.437. The molecule has 2 atom stereocenters. The van der Waals surface area contributed by atoms with Crippen molar-refractivity contribution in [1.29, 1.82) is 0 Å². The van der Waals surface area contributed by atoms with Gasteiger partial charge in [-0.2, -0.15) is 5.10 Å². The van der Waals surface area contributed by atoms with Gasteiger partial charge in [-0.25, -0.2) is 9.50 Å². The van der Waals surface area contributed by atoms with E-state index in [1.54, 1.807) is 0 Å². The molecule has 1 N–H and O–H groups in total. The number of rotatable bonds is 7. The number of nitrogens with one attached hydrogen (secondary N) is 1. The molecule has 2 unspecified atom stereocenters. The summed E-state index contributed by atoms with van der Waals surface area (Å²) in [5, 5.41) is 8.21. The molecule has 0 aliphatic rings. The minimum Gasteiger partial charge on any atom is -0.308 e. The van der Waals surface area contributed by atoms with Crippen molar-refractivity contribution >= 4 is 5.65 Å². The van der Waals surface area contributed by atoms with E-state index < -0.39 is 0 Å². The van der Waals surface area contributed by atoms with Crippen LogP contribution in [0.25, 0.3) is 5.65 Å². The molecule has 0 bridgehead atoms. The maximum absolute atomic E-state index is 4.53. The first kappa shape index (κ1) is 16.0. The molecule has 2 rings (SSSR count). The van der Waals surface area contributed by atoms with Gasteiger partial charge < -0.3 is 5.32 Å². The normalized spacial score (nSPS) is 14.5. The van der Waals surface area contributed by atoms with Gasteiger partial charge in [-0.15, -0.1) is 0 Å². The highest BCUT2D eigenvalue weighted by molar-refractivity contribution is 5.42. The number of fused-ring (bicyclic) bond motifs is 1. The summed E-state index contributed by atoms with van der Waals surface area (Å²) in [7, 11) is 0. The minimum absolute atomic E-state index is 0.294. The van der Waals surface area contributed by atoms with Gasteiger partial charge in [-0.1, -0.05) is 26.2 Å². The molecule has 21 heavy (non-hydrogen) atoms. The molecule has 0 amide bonds. The topological polar surface area (TPSA) is 42.2 Å². The first-order chi connectivity index (χ1) is 10.0. The average molecular weight is 288 g/mol. The Bertz CT molecular complexity index is 588. The summed E-state index contributed by atoms with van der Waals surface area (Å²) in [5.41, 5.74) is 4.34. The molecule has 2 aromatic heterocycles. The van der Waals surface area contributed by atoms with Gasteiger partial charge in [0.15, 0.2) is 5.65 Å². The fourth-order valence-electron chi connectivity index (χ4n) is 2.90. The molecule has 4 heteroatoms. The van der Waals surface area contributed by atoms with Crippen molar-refractivity contribution in [3.05, 3.63) is 29.2 Å². The molecule has 0 aliphatic carbocycles. The highest BCUT2D eigenvalue weighted by atomic mass is 15.3. The van der Waals surface area contributed by atoms with Crippen LogP contribution in [-0.4, -0.2) is 20.6 Å². The van der Waals surface area contributed by atoms with Crippen molar-refractivity contribution < 1.29 is 0 Å². The molecule has 0 radical (unpaired) electrons. The van der Waals surface area contributed by atoms with Crippen LogP contribution in [0.4, 0.5) is 0 Å². The molecule has 116 valence electrons. The highest BCUT2D eigenvalue weighted by Gasteiger charge is 2.14. The lowest BCUT2D eigenvalue weighted by atomic mass is 10.1. The van der Waals surface area contributed by atoms with E-state index in [-0.39, 0.29) is 0 Å². The standard InChI is InChI=1S/C17H28N4/c1-6-7-8-9-12(2)19-14(4)16-11-18-17-10-13(3)20-21(17)15(16)5/h10-12,14,19H,6-9H2,1-5H3. The Morgan fingerprint density at radius 1 is 1.24 bits per heavy atom. The van der Waals surface area contributed by atoms with Crippen LogP contribution in [0.2, 0.25) is 0 Å². The third kappa shape index (κ3) is 3.82. The fraction of sp³-hybridized carbons (Fsp3) is 0.647. The van der Waals surface area contributed by atoms with E-state index in [9.17, 15) is 0 Å². The molecule has 0 aromatic carbocycles. The number of nitrogens with zero attached hydrogens (tertiary/aromatic N) is 3. The quantitative estimate of drug-likeness (QED) is 0.784. The summed E-state index contributed by atoms with van der Waals surface area (Å²) >= 11 is 0. The number of hydrogen-bond donors (Lipinski definition) is 1. The Morgan fingerprint density at radius 2 is 2.00 bits per heavy atom. The third-order valence-electron chi connectivity index (χ3n) is 4.13. The molecule has 4 nitrogen and oxygen atoms in total. The van der Waals surface area contributed by atoms with Crippen molar-refractivity contribution in [2.24, 2.45) is 0 Å². The zero-order valence-corrected chi connectivity index (χ0v) is 14.0. The molecule has 0 fully saturated rings. The van der Waals surface area contributed by atoms with Gasteiger partial charge in [0.1, 0.15) is 0 Å². The van der Waals surface area contributed by atoms with Crippen molar-refractivity contribution in [1.82, 2.24) is 19.9 Å². The van der Waals surface area contributed by atoms with Gasteiger partial charge in [0.25, 0.3) is 0 Å². The van der Waals surface area contributed by atoms with Crippen LogP contribution in [0.15, 0.2) is 12.3 Å². The van der Waals surface area contributed by atoms with Crippen molar-refractivity contribution in [2.45, 2.75) is 72.4 Å². The molecule has 2 aromatic rings. The van der Waals surface area contributed by atoms with Gasteiger partial charge >= 0.3 is 0 Å². The first-order valence-electron chi connectivity index (χ1n) is 8.10. The Morgan fingerprint density at radius 3 is 2.71 bits per heavy atom. The summed E-state index contributed by atoms with van der Waals surface area (Å²) in [6.45, 7) is 10.9. The average Bonchev–Trinajstić information content (AvgIpc) is 2.81. The van der Waals surface area contributed by atoms with E-state index >= 15 is 0 Å². The lowest BCUT2D eigenvalue weighted by Gasteiger charge is -2.21. The maximum Gasteiger partial charge on any atom is 0.155 e. The van der Waals surface area contributed by atoms with Gasteiger partial charge in [-0.05, 0) is 34.1 Å². The summed E-state index contributed by atoms with van der Waals surface area (Å²) in [6, 6.07) is 2.84. The first-order valence-corrected chi connectivity index (χ1v) is 8.10. The zero-order valence-electron chi connectivity index (χ0n) is 14.0. The Balaban J connectivity index is 2.08. The van der Waals surface area contributed by atoms with Crippen LogP contribution in [-0.2, 0) is 0 Å². The van der Waals surface area contributed by atoms with Gasteiger partial charge in [0.2, 0.25) is 0 Å². The number of aryl methyl sites for hydroxylation is 2. The Labute approximate surface area is 128 Å². The van der Waals surface area contributed by atoms with Crippen LogP contribution < -0.4 is 5.32 Å². The summed E-state index contributed by atoms with van der Waals surface area (Å²) in [4.78, 5) is 4.53. The molecule has 0 saturated carbocycles. The molecule has 0 spiro atoms. The highest BCUT2D eigenvalue weighted by Crippen LogP contribution is 2.19. The lowest BCUT2D eigenvalue weighted by Crippen LogP contribution is -2.29. The van der Waals surface area contributed by atoms with Gasteiger partial charge in [0.05, 0.1) is 5.69 Å².